The molecule has 0 fully saturated rings. The SMILES string of the molecule is C=CCC(O)c1c(C)c(OCc2ccccc2)c(C)c(C)c1OCc1ccccc1. The van der Waals surface area contributed by atoms with Crippen molar-refractivity contribution in [3.8, 4) is 11.5 Å². The van der Waals surface area contributed by atoms with Crippen molar-refractivity contribution in [1.82, 2.24) is 0 Å². The Kier molecular flexibility index (Phi) is 7.31. The first-order valence-corrected chi connectivity index (χ1v) is 10.3. The minimum atomic E-state index is -0.702. The van der Waals surface area contributed by atoms with Gasteiger partial charge in [0.15, 0.2) is 0 Å². The third-order valence-corrected chi connectivity index (χ3v) is 5.41. The average molecular weight is 403 g/mol. The summed E-state index contributed by atoms with van der Waals surface area (Å²) in [4.78, 5) is 0. The molecule has 0 saturated carbocycles. The Hall–Kier alpha value is -3.04. The van der Waals surface area contributed by atoms with Gasteiger partial charge >= 0.3 is 0 Å². The van der Waals surface area contributed by atoms with Gasteiger partial charge in [0.2, 0.25) is 0 Å². The molecule has 0 aliphatic carbocycles. The van der Waals surface area contributed by atoms with Crippen LogP contribution in [0.4, 0.5) is 0 Å². The van der Waals surface area contributed by atoms with Gasteiger partial charge in [-0.3, -0.25) is 0 Å². The van der Waals surface area contributed by atoms with Crippen molar-refractivity contribution in [2.45, 2.75) is 46.5 Å². The highest BCUT2D eigenvalue weighted by molar-refractivity contribution is 5.59. The van der Waals surface area contributed by atoms with E-state index in [1.54, 1.807) is 6.08 Å². The Morgan fingerprint density at radius 3 is 1.73 bits per heavy atom. The second kappa shape index (κ2) is 10.1. The largest absolute Gasteiger partial charge is 0.488 e. The number of ether oxygens (including phenoxy) is 2. The molecule has 3 rings (SSSR count). The van der Waals surface area contributed by atoms with E-state index >= 15 is 0 Å². The lowest BCUT2D eigenvalue weighted by atomic mass is 9.92. The number of aliphatic hydroxyl groups excluding tert-OH is 1. The zero-order valence-electron chi connectivity index (χ0n) is 18.0. The van der Waals surface area contributed by atoms with Gasteiger partial charge in [-0.1, -0.05) is 66.7 Å². The smallest absolute Gasteiger partial charge is 0.129 e. The highest BCUT2D eigenvalue weighted by Gasteiger charge is 2.24. The number of hydrogen-bond acceptors (Lipinski definition) is 3. The zero-order valence-corrected chi connectivity index (χ0v) is 18.0. The molecule has 1 atom stereocenters. The van der Waals surface area contributed by atoms with Crippen LogP contribution in [0, 0.1) is 20.8 Å². The molecule has 3 nitrogen and oxygen atoms in total. The first-order chi connectivity index (χ1) is 14.5. The second-order valence-electron chi connectivity index (χ2n) is 7.54. The van der Waals surface area contributed by atoms with Crippen LogP contribution in [0.2, 0.25) is 0 Å². The van der Waals surface area contributed by atoms with Crippen LogP contribution in [-0.4, -0.2) is 5.11 Å². The highest BCUT2D eigenvalue weighted by atomic mass is 16.5. The molecular weight excluding hydrogens is 372 g/mol. The van der Waals surface area contributed by atoms with Gasteiger partial charge in [-0.05, 0) is 49.4 Å². The van der Waals surface area contributed by atoms with E-state index in [0.717, 1.165) is 44.9 Å². The fourth-order valence-corrected chi connectivity index (χ4v) is 3.66. The summed E-state index contributed by atoms with van der Waals surface area (Å²) in [6.45, 7) is 10.8. The van der Waals surface area contributed by atoms with Crippen LogP contribution in [0.15, 0.2) is 73.3 Å². The highest BCUT2D eigenvalue weighted by Crippen LogP contribution is 2.42. The maximum Gasteiger partial charge on any atom is 0.129 e. The van der Waals surface area contributed by atoms with Crippen LogP contribution >= 0.6 is 0 Å². The van der Waals surface area contributed by atoms with Gasteiger partial charge in [-0.15, -0.1) is 6.58 Å². The van der Waals surface area contributed by atoms with Crippen molar-refractivity contribution < 1.29 is 14.6 Å². The molecule has 0 saturated heterocycles. The normalized spacial score (nSPS) is 11.7. The van der Waals surface area contributed by atoms with E-state index < -0.39 is 6.10 Å². The van der Waals surface area contributed by atoms with Crippen molar-refractivity contribution >= 4 is 0 Å². The molecule has 30 heavy (non-hydrogen) atoms. The van der Waals surface area contributed by atoms with E-state index in [1.807, 2.05) is 81.4 Å². The van der Waals surface area contributed by atoms with E-state index in [4.69, 9.17) is 9.47 Å². The molecule has 156 valence electrons. The first kappa shape index (κ1) is 21.7. The average Bonchev–Trinajstić information content (AvgIpc) is 2.76. The van der Waals surface area contributed by atoms with Crippen LogP contribution in [0.3, 0.4) is 0 Å². The number of aliphatic hydroxyl groups is 1. The molecule has 0 aromatic heterocycles. The molecule has 0 bridgehead atoms. The minimum Gasteiger partial charge on any atom is -0.488 e. The van der Waals surface area contributed by atoms with Crippen molar-refractivity contribution in [3.05, 3.63) is 107 Å². The third-order valence-electron chi connectivity index (χ3n) is 5.41. The quantitative estimate of drug-likeness (QED) is 0.422. The molecule has 3 aromatic carbocycles. The van der Waals surface area contributed by atoms with Crippen LogP contribution < -0.4 is 9.47 Å². The number of benzene rings is 3. The predicted octanol–water partition coefficient (Wildman–Crippen LogP) is 6.38. The fourth-order valence-electron chi connectivity index (χ4n) is 3.66. The summed E-state index contributed by atoms with van der Waals surface area (Å²) in [5, 5.41) is 10.9. The molecule has 0 aliphatic heterocycles. The summed E-state index contributed by atoms with van der Waals surface area (Å²) in [5.41, 5.74) is 5.88. The van der Waals surface area contributed by atoms with E-state index in [2.05, 4.69) is 6.58 Å². The van der Waals surface area contributed by atoms with Crippen LogP contribution in [0.25, 0.3) is 0 Å². The van der Waals surface area contributed by atoms with Gasteiger partial charge in [0, 0.05) is 11.1 Å². The Morgan fingerprint density at radius 2 is 1.23 bits per heavy atom. The first-order valence-electron chi connectivity index (χ1n) is 10.3. The van der Waals surface area contributed by atoms with Crippen molar-refractivity contribution in [3.63, 3.8) is 0 Å². The number of hydrogen-bond donors (Lipinski definition) is 1. The van der Waals surface area contributed by atoms with Crippen LogP contribution in [0.1, 0.15) is 45.9 Å². The van der Waals surface area contributed by atoms with E-state index in [-0.39, 0.29) is 0 Å². The lowest BCUT2D eigenvalue weighted by molar-refractivity contribution is 0.171. The molecule has 0 aliphatic rings. The molecule has 0 amide bonds. The molecule has 3 heteroatoms. The van der Waals surface area contributed by atoms with Crippen molar-refractivity contribution in [2.24, 2.45) is 0 Å². The standard InChI is InChI=1S/C27H30O3/c1-5-12-24(28)25-21(4)26(29-17-22-13-8-6-9-14-22)19(2)20(3)27(25)30-18-23-15-10-7-11-16-23/h5-11,13-16,24,28H,1,12,17-18H2,2-4H3. The summed E-state index contributed by atoms with van der Waals surface area (Å²) < 4.78 is 12.5. The van der Waals surface area contributed by atoms with E-state index in [9.17, 15) is 5.11 Å². The number of rotatable bonds is 9. The molecule has 0 spiro atoms. The Bertz CT molecular complexity index is 978. The fraction of sp³-hybridized carbons (Fsp3) is 0.259. The maximum absolute atomic E-state index is 10.9. The van der Waals surface area contributed by atoms with Crippen LogP contribution in [0.5, 0.6) is 11.5 Å². The Morgan fingerprint density at radius 1 is 0.767 bits per heavy atom. The van der Waals surface area contributed by atoms with Gasteiger partial charge in [0.25, 0.3) is 0 Å². The van der Waals surface area contributed by atoms with E-state index in [1.165, 1.54) is 0 Å². The van der Waals surface area contributed by atoms with Crippen LogP contribution in [-0.2, 0) is 13.2 Å². The summed E-state index contributed by atoms with van der Waals surface area (Å²) in [7, 11) is 0. The predicted molar refractivity (Wildman–Crippen MR) is 122 cm³/mol. The summed E-state index contributed by atoms with van der Waals surface area (Å²) >= 11 is 0. The third kappa shape index (κ3) is 4.92. The lowest BCUT2D eigenvalue weighted by Crippen LogP contribution is -2.10. The summed E-state index contributed by atoms with van der Waals surface area (Å²) in [5.74, 6) is 1.54. The van der Waals surface area contributed by atoms with Crippen molar-refractivity contribution in [2.75, 3.05) is 0 Å². The molecular formula is C27H30O3. The Labute approximate surface area is 179 Å². The summed E-state index contributed by atoms with van der Waals surface area (Å²) in [6, 6.07) is 20.1. The van der Waals surface area contributed by atoms with Gasteiger partial charge in [-0.2, -0.15) is 0 Å². The molecule has 3 aromatic rings. The van der Waals surface area contributed by atoms with Crippen molar-refractivity contribution in [1.29, 1.82) is 0 Å². The molecule has 1 unspecified atom stereocenters. The summed E-state index contributed by atoms with van der Waals surface area (Å²) in [6.07, 6.45) is 1.47. The van der Waals surface area contributed by atoms with Gasteiger partial charge in [0.1, 0.15) is 24.7 Å². The van der Waals surface area contributed by atoms with E-state index in [0.29, 0.717) is 19.6 Å². The van der Waals surface area contributed by atoms with Gasteiger partial charge < -0.3 is 14.6 Å². The monoisotopic (exact) mass is 402 g/mol. The molecule has 0 heterocycles. The van der Waals surface area contributed by atoms with Gasteiger partial charge in [0.05, 0.1) is 6.10 Å². The minimum absolute atomic E-state index is 0.443. The molecule has 0 radical (unpaired) electrons. The lowest BCUT2D eigenvalue weighted by Gasteiger charge is -2.25. The Balaban J connectivity index is 1.97. The topological polar surface area (TPSA) is 38.7 Å². The molecule has 1 N–H and O–H groups in total. The van der Waals surface area contributed by atoms with Gasteiger partial charge in [-0.25, -0.2) is 0 Å². The second-order valence-corrected chi connectivity index (χ2v) is 7.54. The zero-order chi connectivity index (χ0) is 21.5. The maximum atomic E-state index is 10.9.